The second-order valence-electron chi connectivity index (χ2n) is 6.08. The molecule has 1 atom stereocenters. The van der Waals surface area contributed by atoms with Crippen LogP contribution in [0.4, 0.5) is 0 Å². The highest BCUT2D eigenvalue weighted by atomic mass is 16.3. The molecular formula is C17H22N4O2. The Morgan fingerprint density at radius 1 is 1.26 bits per heavy atom. The fourth-order valence-electron chi connectivity index (χ4n) is 3.11. The minimum atomic E-state index is -0.343. The molecule has 0 saturated carbocycles. The molecule has 0 radical (unpaired) electrons. The summed E-state index contributed by atoms with van der Waals surface area (Å²) >= 11 is 0. The first-order chi connectivity index (χ1) is 11.2. The van der Waals surface area contributed by atoms with Crippen molar-refractivity contribution in [1.82, 2.24) is 19.9 Å². The van der Waals surface area contributed by atoms with Crippen molar-refractivity contribution in [3.8, 4) is 0 Å². The number of hydrogen-bond acceptors (Lipinski definition) is 4. The van der Waals surface area contributed by atoms with Crippen molar-refractivity contribution in [2.45, 2.75) is 31.9 Å². The molecule has 1 aromatic heterocycles. The first-order valence-corrected chi connectivity index (χ1v) is 8.06. The van der Waals surface area contributed by atoms with E-state index in [-0.39, 0.29) is 24.5 Å². The third-order valence-electron chi connectivity index (χ3n) is 4.49. The van der Waals surface area contributed by atoms with Crippen molar-refractivity contribution in [2.24, 2.45) is 5.92 Å². The lowest BCUT2D eigenvalue weighted by atomic mass is 9.88. The van der Waals surface area contributed by atoms with Gasteiger partial charge in [0.25, 0.3) is 0 Å². The Morgan fingerprint density at radius 2 is 2.00 bits per heavy atom. The standard InChI is InChI=1S/C17H22N4O2/c22-16(12-14-4-2-1-3-5-14)15-6-9-20(10-7-15)17(23)13-21-11-8-18-19-21/h1-5,8,11,15-16,22H,6-7,9-10,12-13H2. The van der Waals surface area contributed by atoms with Gasteiger partial charge in [0.2, 0.25) is 5.91 Å². The van der Waals surface area contributed by atoms with Crippen LogP contribution in [-0.2, 0) is 17.8 Å². The summed E-state index contributed by atoms with van der Waals surface area (Å²) < 4.78 is 1.54. The number of rotatable bonds is 5. The van der Waals surface area contributed by atoms with Crippen molar-refractivity contribution < 1.29 is 9.90 Å². The van der Waals surface area contributed by atoms with E-state index >= 15 is 0 Å². The molecular weight excluding hydrogens is 292 g/mol. The predicted octanol–water partition coefficient (Wildman–Crippen LogP) is 1.12. The Balaban J connectivity index is 1.47. The van der Waals surface area contributed by atoms with Crippen LogP contribution in [0.15, 0.2) is 42.7 Å². The number of hydrogen-bond donors (Lipinski definition) is 1. The second-order valence-corrected chi connectivity index (χ2v) is 6.08. The van der Waals surface area contributed by atoms with Gasteiger partial charge in [0.15, 0.2) is 0 Å². The average Bonchev–Trinajstić information content (AvgIpc) is 3.09. The van der Waals surface area contributed by atoms with Crippen molar-refractivity contribution in [3.63, 3.8) is 0 Å². The summed E-state index contributed by atoms with van der Waals surface area (Å²) in [6.45, 7) is 1.63. The molecule has 6 nitrogen and oxygen atoms in total. The number of nitrogens with zero attached hydrogens (tertiary/aromatic N) is 4. The molecule has 1 aliphatic rings. The molecule has 1 saturated heterocycles. The van der Waals surface area contributed by atoms with Crippen LogP contribution in [0.3, 0.4) is 0 Å². The van der Waals surface area contributed by atoms with Gasteiger partial charge in [-0.2, -0.15) is 0 Å². The monoisotopic (exact) mass is 314 g/mol. The maximum absolute atomic E-state index is 12.2. The lowest BCUT2D eigenvalue weighted by Crippen LogP contribution is -2.43. The summed E-state index contributed by atoms with van der Waals surface area (Å²) in [5.74, 6) is 0.317. The van der Waals surface area contributed by atoms with Crippen LogP contribution in [0.25, 0.3) is 0 Å². The van der Waals surface area contributed by atoms with Gasteiger partial charge in [-0.1, -0.05) is 35.5 Å². The zero-order chi connectivity index (χ0) is 16.1. The third kappa shape index (κ3) is 4.16. The average molecular weight is 314 g/mol. The Bertz CT molecular complexity index is 607. The SMILES string of the molecule is O=C(Cn1ccnn1)N1CCC(C(O)Cc2ccccc2)CC1. The summed E-state index contributed by atoms with van der Waals surface area (Å²) in [5, 5.41) is 18.0. The van der Waals surface area contributed by atoms with E-state index < -0.39 is 0 Å². The van der Waals surface area contributed by atoms with Gasteiger partial charge in [-0.3, -0.25) is 4.79 Å². The fraction of sp³-hybridized carbons (Fsp3) is 0.471. The molecule has 2 aromatic rings. The molecule has 1 amide bonds. The number of likely N-dealkylation sites (tertiary alicyclic amines) is 1. The lowest BCUT2D eigenvalue weighted by Gasteiger charge is -2.34. The van der Waals surface area contributed by atoms with Crippen LogP contribution in [0.1, 0.15) is 18.4 Å². The van der Waals surface area contributed by atoms with Gasteiger partial charge in [-0.15, -0.1) is 5.10 Å². The Morgan fingerprint density at radius 3 is 2.65 bits per heavy atom. The zero-order valence-electron chi connectivity index (χ0n) is 13.1. The third-order valence-corrected chi connectivity index (χ3v) is 4.49. The minimum absolute atomic E-state index is 0.0616. The van der Waals surface area contributed by atoms with Crippen LogP contribution >= 0.6 is 0 Å². The largest absolute Gasteiger partial charge is 0.392 e. The number of benzene rings is 1. The maximum Gasteiger partial charge on any atom is 0.244 e. The summed E-state index contributed by atoms with van der Waals surface area (Å²) in [6, 6.07) is 10.1. The minimum Gasteiger partial charge on any atom is -0.392 e. The van der Waals surface area contributed by atoms with Gasteiger partial charge < -0.3 is 10.0 Å². The number of amides is 1. The number of aliphatic hydroxyl groups is 1. The van der Waals surface area contributed by atoms with E-state index in [1.54, 1.807) is 17.1 Å². The molecule has 1 fully saturated rings. The van der Waals surface area contributed by atoms with E-state index in [9.17, 15) is 9.90 Å². The van der Waals surface area contributed by atoms with Crippen molar-refractivity contribution in [2.75, 3.05) is 13.1 Å². The maximum atomic E-state index is 12.2. The predicted molar refractivity (Wildman–Crippen MR) is 85.5 cm³/mol. The lowest BCUT2D eigenvalue weighted by molar-refractivity contribution is -0.134. The highest BCUT2D eigenvalue weighted by Crippen LogP contribution is 2.23. The van der Waals surface area contributed by atoms with Crippen LogP contribution in [0, 0.1) is 5.92 Å². The molecule has 0 spiro atoms. The number of carbonyl (C=O) groups is 1. The Hall–Kier alpha value is -2.21. The number of carbonyl (C=O) groups excluding carboxylic acids is 1. The molecule has 0 aliphatic carbocycles. The smallest absolute Gasteiger partial charge is 0.244 e. The quantitative estimate of drug-likeness (QED) is 0.898. The number of aliphatic hydroxyl groups excluding tert-OH is 1. The van der Waals surface area contributed by atoms with Crippen LogP contribution < -0.4 is 0 Å². The Kier molecular flexibility index (Phi) is 5.02. The van der Waals surface area contributed by atoms with E-state index in [2.05, 4.69) is 10.3 Å². The molecule has 1 aliphatic heterocycles. The fourth-order valence-corrected chi connectivity index (χ4v) is 3.11. The second kappa shape index (κ2) is 7.37. The van der Waals surface area contributed by atoms with Gasteiger partial charge in [0.05, 0.1) is 12.3 Å². The topological polar surface area (TPSA) is 71.2 Å². The van der Waals surface area contributed by atoms with Crippen molar-refractivity contribution in [3.05, 3.63) is 48.3 Å². The molecule has 1 unspecified atom stereocenters. The zero-order valence-corrected chi connectivity index (χ0v) is 13.1. The van der Waals surface area contributed by atoms with E-state index in [0.717, 1.165) is 18.4 Å². The van der Waals surface area contributed by atoms with Crippen molar-refractivity contribution >= 4 is 5.91 Å². The molecule has 6 heteroatoms. The molecule has 122 valence electrons. The van der Waals surface area contributed by atoms with E-state index in [0.29, 0.717) is 19.5 Å². The first-order valence-electron chi connectivity index (χ1n) is 8.06. The molecule has 0 bridgehead atoms. The highest BCUT2D eigenvalue weighted by Gasteiger charge is 2.27. The molecule has 23 heavy (non-hydrogen) atoms. The van der Waals surface area contributed by atoms with E-state index in [1.807, 2.05) is 35.2 Å². The van der Waals surface area contributed by atoms with Gasteiger partial charge >= 0.3 is 0 Å². The molecule has 3 rings (SSSR count). The highest BCUT2D eigenvalue weighted by molar-refractivity contribution is 5.75. The van der Waals surface area contributed by atoms with Crippen molar-refractivity contribution in [1.29, 1.82) is 0 Å². The first kappa shape index (κ1) is 15.7. The number of aromatic nitrogens is 3. The summed E-state index contributed by atoms with van der Waals surface area (Å²) in [6.07, 6.45) is 5.28. The summed E-state index contributed by atoms with van der Waals surface area (Å²) in [5.41, 5.74) is 1.16. The molecule has 1 aromatic carbocycles. The van der Waals surface area contributed by atoms with Crippen LogP contribution in [-0.4, -0.2) is 50.1 Å². The Labute approximate surface area is 135 Å². The van der Waals surface area contributed by atoms with E-state index in [4.69, 9.17) is 0 Å². The van der Waals surface area contributed by atoms with Gasteiger partial charge in [0.1, 0.15) is 6.54 Å². The summed E-state index contributed by atoms with van der Waals surface area (Å²) in [4.78, 5) is 14.1. The molecule has 1 N–H and O–H groups in total. The van der Waals surface area contributed by atoms with Gasteiger partial charge in [0, 0.05) is 19.3 Å². The van der Waals surface area contributed by atoms with Gasteiger partial charge in [-0.05, 0) is 30.7 Å². The van der Waals surface area contributed by atoms with E-state index in [1.165, 1.54) is 0 Å². The van der Waals surface area contributed by atoms with Gasteiger partial charge in [-0.25, -0.2) is 4.68 Å². The number of piperidine rings is 1. The van der Waals surface area contributed by atoms with Crippen LogP contribution in [0.2, 0.25) is 0 Å². The summed E-state index contributed by atoms with van der Waals surface area (Å²) in [7, 11) is 0. The normalized spacial score (nSPS) is 17.2. The van der Waals surface area contributed by atoms with Crippen LogP contribution in [0.5, 0.6) is 0 Å². The molecule has 2 heterocycles.